The standard InChI is InChI=1S/C56H43N/c1-55(2)50-26-15-16-36-28-29-39-32-40(35-51(56(55,3)4)54(39)53(36)50)43-21-12-13-27-52(43)57(41-18-6-5-7-19-41)42-20-14-17-37(33-42)38-30-31-48-46-24-9-8-22-44(46)45-23-10-11-25-47(45)49(48)34-38/h5-35H,1-4H3. The third kappa shape index (κ3) is 4.95. The van der Waals surface area contributed by atoms with Gasteiger partial charge in [-0.15, -0.1) is 0 Å². The summed E-state index contributed by atoms with van der Waals surface area (Å²) in [5.41, 5.74) is 11.0. The van der Waals surface area contributed by atoms with Crippen molar-refractivity contribution >= 4 is 70.9 Å². The molecule has 10 aromatic rings. The molecule has 10 aromatic carbocycles. The lowest BCUT2D eigenvalue weighted by Gasteiger charge is -2.47. The summed E-state index contributed by atoms with van der Waals surface area (Å²) in [7, 11) is 0. The molecule has 11 rings (SSSR count). The minimum Gasteiger partial charge on any atom is -0.310 e. The first kappa shape index (κ1) is 33.6. The Morgan fingerprint density at radius 2 is 0.895 bits per heavy atom. The average Bonchev–Trinajstić information content (AvgIpc) is 3.26. The maximum atomic E-state index is 2.50. The average molecular weight is 730 g/mol. The number of anilines is 3. The van der Waals surface area contributed by atoms with E-state index in [1.807, 2.05) is 0 Å². The molecule has 0 amide bonds. The Hall–Kier alpha value is -6.70. The molecule has 1 heteroatoms. The van der Waals surface area contributed by atoms with E-state index in [0.717, 1.165) is 17.1 Å². The number of rotatable bonds is 5. The Morgan fingerprint density at radius 3 is 1.65 bits per heavy atom. The second-order valence-corrected chi connectivity index (χ2v) is 16.9. The van der Waals surface area contributed by atoms with Crippen LogP contribution in [0.1, 0.15) is 38.8 Å². The quantitative estimate of drug-likeness (QED) is 0.159. The van der Waals surface area contributed by atoms with Crippen LogP contribution in [0.15, 0.2) is 188 Å². The summed E-state index contributed by atoms with van der Waals surface area (Å²) in [4.78, 5) is 2.44. The normalized spacial score (nSPS) is 14.2. The van der Waals surface area contributed by atoms with Gasteiger partial charge < -0.3 is 4.90 Å². The van der Waals surface area contributed by atoms with Gasteiger partial charge in [-0.3, -0.25) is 0 Å². The Balaban J connectivity index is 1.10. The van der Waals surface area contributed by atoms with Crippen LogP contribution in [0.3, 0.4) is 0 Å². The number of nitrogens with zero attached hydrogens (tertiary/aromatic N) is 1. The van der Waals surface area contributed by atoms with E-state index in [-0.39, 0.29) is 10.8 Å². The predicted octanol–water partition coefficient (Wildman–Crippen LogP) is 15.8. The molecule has 57 heavy (non-hydrogen) atoms. The molecule has 1 aliphatic rings. The van der Waals surface area contributed by atoms with Gasteiger partial charge in [-0.1, -0.05) is 167 Å². The fraction of sp³-hybridized carbons (Fsp3) is 0.107. The second-order valence-electron chi connectivity index (χ2n) is 16.9. The van der Waals surface area contributed by atoms with Crippen LogP contribution in [0.2, 0.25) is 0 Å². The number of benzene rings is 10. The highest BCUT2D eigenvalue weighted by atomic mass is 15.1. The van der Waals surface area contributed by atoms with Crippen LogP contribution in [-0.4, -0.2) is 0 Å². The van der Waals surface area contributed by atoms with Crippen LogP contribution in [0.5, 0.6) is 0 Å². The Bertz CT molecular complexity index is 3200. The summed E-state index contributed by atoms with van der Waals surface area (Å²) in [6, 6.07) is 69.9. The van der Waals surface area contributed by atoms with Crippen LogP contribution < -0.4 is 4.90 Å². The van der Waals surface area contributed by atoms with Crippen molar-refractivity contribution in [2.45, 2.75) is 38.5 Å². The van der Waals surface area contributed by atoms with Gasteiger partial charge in [0.05, 0.1) is 5.69 Å². The molecule has 1 nitrogen and oxygen atoms in total. The van der Waals surface area contributed by atoms with Crippen molar-refractivity contribution in [1.29, 1.82) is 0 Å². The van der Waals surface area contributed by atoms with Gasteiger partial charge in [0.15, 0.2) is 0 Å². The molecular weight excluding hydrogens is 687 g/mol. The third-order valence-electron chi connectivity index (χ3n) is 13.5. The first-order valence-corrected chi connectivity index (χ1v) is 20.2. The second kappa shape index (κ2) is 12.4. The molecule has 0 aromatic heterocycles. The molecule has 0 aliphatic heterocycles. The lowest BCUT2D eigenvalue weighted by atomic mass is 9.56. The molecule has 0 atom stereocenters. The largest absolute Gasteiger partial charge is 0.310 e. The van der Waals surface area contributed by atoms with Crippen LogP contribution in [0.25, 0.3) is 76.1 Å². The Kier molecular flexibility index (Phi) is 7.32. The van der Waals surface area contributed by atoms with Gasteiger partial charge in [-0.2, -0.15) is 0 Å². The van der Waals surface area contributed by atoms with E-state index in [4.69, 9.17) is 0 Å². The van der Waals surface area contributed by atoms with Crippen molar-refractivity contribution in [3.05, 3.63) is 199 Å². The number of hydrogen-bond acceptors (Lipinski definition) is 1. The van der Waals surface area contributed by atoms with Gasteiger partial charge in [0.25, 0.3) is 0 Å². The van der Waals surface area contributed by atoms with Crippen molar-refractivity contribution < 1.29 is 0 Å². The fourth-order valence-corrected chi connectivity index (χ4v) is 9.91. The molecule has 0 heterocycles. The van der Waals surface area contributed by atoms with Crippen molar-refractivity contribution in [2.24, 2.45) is 0 Å². The van der Waals surface area contributed by atoms with Gasteiger partial charge in [0, 0.05) is 16.9 Å². The highest BCUT2D eigenvalue weighted by Crippen LogP contribution is 2.55. The summed E-state index contributed by atoms with van der Waals surface area (Å²) >= 11 is 0. The van der Waals surface area contributed by atoms with Crippen molar-refractivity contribution in [1.82, 2.24) is 0 Å². The van der Waals surface area contributed by atoms with Crippen molar-refractivity contribution in [2.75, 3.05) is 4.90 Å². The lowest BCUT2D eigenvalue weighted by molar-refractivity contribution is 0.304. The van der Waals surface area contributed by atoms with E-state index < -0.39 is 0 Å². The molecule has 0 unspecified atom stereocenters. The van der Waals surface area contributed by atoms with E-state index in [0.29, 0.717) is 0 Å². The van der Waals surface area contributed by atoms with Crippen LogP contribution >= 0.6 is 0 Å². The molecule has 0 N–H and O–H groups in total. The summed E-state index contributed by atoms with van der Waals surface area (Å²) in [5, 5.41) is 13.2. The van der Waals surface area contributed by atoms with E-state index in [9.17, 15) is 0 Å². The first-order valence-electron chi connectivity index (χ1n) is 20.2. The maximum Gasteiger partial charge on any atom is 0.0540 e. The smallest absolute Gasteiger partial charge is 0.0540 e. The summed E-state index contributed by atoms with van der Waals surface area (Å²) in [6.45, 7) is 9.72. The van der Waals surface area contributed by atoms with E-state index >= 15 is 0 Å². The number of fused-ring (bicyclic) bond motifs is 6. The molecule has 0 bridgehead atoms. The molecule has 0 spiro atoms. The van der Waals surface area contributed by atoms with Crippen LogP contribution in [-0.2, 0) is 10.8 Å². The Morgan fingerprint density at radius 1 is 0.333 bits per heavy atom. The molecule has 0 fully saturated rings. The van der Waals surface area contributed by atoms with Crippen LogP contribution in [0, 0.1) is 0 Å². The zero-order valence-electron chi connectivity index (χ0n) is 32.8. The maximum absolute atomic E-state index is 2.50. The highest BCUT2D eigenvalue weighted by molar-refractivity contribution is 6.25. The van der Waals surface area contributed by atoms with Gasteiger partial charge in [0.2, 0.25) is 0 Å². The van der Waals surface area contributed by atoms with Gasteiger partial charge in [-0.05, 0) is 141 Å². The minimum absolute atomic E-state index is 0.0510. The summed E-state index contributed by atoms with van der Waals surface area (Å²) in [5.74, 6) is 0. The third-order valence-corrected chi connectivity index (χ3v) is 13.5. The van der Waals surface area contributed by atoms with E-state index in [1.165, 1.54) is 87.2 Å². The van der Waals surface area contributed by atoms with E-state index in [1.54, 1.807) is 0 Å². The fourth-order valence-electron chi connectivity index (χ4n) is 9.91. The van der Waals surface area contributed by atoms with E-state index in [2.05, 4.69) is 221 Å². The zero-order chi connectivity index (χ0) is 38.5. The molecule has 1 aliphatic carbocycles. The number of hydrogen-bond donors (Lipinski definition) is 0. The predicted molar refractivity (Wildman–Crippen MR) is 246 cm³/mol. The summed E-state index contributed by atoms with van der Waals surface area (Å²) < 4.78 is 0. The molecule has 0 radical (unpaired) electrons. The number of para-hydroxylation sites is 2. The van der Waals surface area contributed by atoms with Gasteiger partial charge >= 0.3 is 0 Å². The molecule has 0 saturated carbocycles. The van der Waals surface area contributed by atoms with Crippen LogP contribution in [0.4, 0.5) is 17.1 Å². The lowest BCUT2D eigenvalue weighted by Crippen LogP contribution is -2.42. The van der Waals surface area contributed by atoms with Crippen molar-refractivity contribution in [3.8, 4) is 22.3 Å². The Labute approximate surface area is 334 Å². The highest BCUT2D eigenvalue weighted by Gasteiger charge is 2.45. The molecule has 272 valence electrons. The molecule has 0 saturated heterocycles. The summed E-state index contributed by atoms with van der Waals surface area (Å²) in [6.07, 6.45) is 0. The SMILES string of the molecule is CC1(C)c2cccc3ccc4cc(-c5ccccc5N(c5ccccc5)c5cccc(-c6ccc7c8ccccc8c8ccccc8c7c6)c5)cc(c4c23)C1(C)C. The minimum atomic E-state index is -0.0935. The van der Waals surface area contributed by atoms with Gasteiger partial charge in [-0.25, -0.2) is 0 Å². The van der Waals surface area contributed by atoms with Gasteiger partial charge in [0.1, 0.15) is 0 Å². The van der Waals surface area contributed by atoms with Crippen molar-refractivity contribution in [3.63, 3.8) is 0 Å². The zero-order valence-corrected chi connectivity index (χ0v) is 32.8. The monoisotopic (exact) mass is 729 g/mol. The topological polar surface area (TPSA) is 3.24 Å². The molecular formula is C56H43N. The first-order chi connectivity index (χ1) is 27.8.